The third-order valence-corrected chi connectivity index (χ3v) is 4.40. The van der Waals surface area contributed by atoms with Crippen LogP contribution < -0.4 is 0 Å². The smallest absolute Gasteiger partial charge is 0.123 e. The highest BCUT2D eigenvalue weighted by Crippen LogP contribution is 2.38. The Morgan fingerprint density at radius 1 is 1.40 bits per heavy atom. The van der Waals surface area contributed by atoms with Crippen molar-refractivity contribution >= 4 is 11.8 Å². The molecule has 1 fully saturated rings. The van der Waals surface area contributed by atoms with Crippen LogP contribution in [0.2, 0.25) is 0 Å². The van der Waals surface area contributed by atoms with E-state index in [-0.39, 0.29) is 5.82 Å². The van der Waals surface area contributed by atoms with Crippen LogP contribution in [0.25, 0.3) is 0 Å². The lowest BCUT2D eigenvalue weighted by molar-refractivity contribution is 0.0471. The molecule has 1 aliphatic heterocycles. The van der Waals surface area contributed by atoms with E-state index in [2.05, 4.69) is 6.92 Å². The Bertz CT molecular complexity index is 328. The van der Waals surface area contributed by atoms with E-state index in [1.54, 1.807) is 23.9 Å². The Kier molecular flexibility index (Phi) is 3.03. The van der Waals surface area contributed by atoms with E-state index < -0.39 is 5.60 Å². The summed E-state index contributed by atoms with van der Waals surface area (Å²) in [5.41, 5.74) is 0.0773. The Hall–Kier alpha value is -0.540. The molecule has 1 heterocycles. The van der Waals surface area contributed by atoms with Crippen LogP contribution in [0.15, 0.2) is 24.3 Å². The molecule has 0 spiro atoms. The van der Waals surface area contributed by atoms with Crippen molar-refractivity contribution in [3.05, 3.63) is 35.6 Å². The minimum absolute atomic E-state index is 0.251. The van der Waals surface area contributed by atoms with Crippen LogP contribution in [0.5, 0.6) is 0 Å². The first-order valence-electron chi connectivity index (χ1n) is 5.20. The van der Waals surface area contributed by atoms with Crippen LogP contribution in [-0.4, -0.2) is 16.1 Å². The summed E-state index contributed by atoms with van der Waals surface area (Å²) in [5, 5.41) is 11.0. The van der Waals surface area contributed by atoms with Gasteiger partial charge in [-0.25, -0.2) is 4.39 Å². The van der Waals surface area contributed by atoms with Crippen molar-refractivity contribution in [1.82, 2.24) is 0 Å². The van der Waals surface area contributed by atoms with Crippen LogP contribution in [-0.2, 0) is 5.60 Å². The zero-order valence-corrected chi connectivity index (χ0v) is 9.56. The van der Waals surface area contributed by atoms with Crippen LogP contribution in [0.4, 0.5) is 4.39 Å². The van der Waals surface area contributed by atoms with E-state index in [4.69, 9.17) is 0 Å². The molecule has 0 unspecified atom stereocenters. The van der Waals surface area contributed by atoms with Gasteiger partial charge in [-0.2, -0.15) is 11.8 Å². The summed E-state index contributed by atoms with van der Waals surface area (Å²) in [4.78, 5) is 0. The summed E-state index contributed by atoms with van der Waals surface area (Å²) >= 11 is 1.78. The highest BCUT2D eigenvalue weighted by Gasteiger charge is 2.33. The van der Waals surface area contributed by atoms with Gasteiger partial charge in [-0.1, -0.05) is 19.1 Å². The van der Waals surface area contributed by atoms with E-state index >= 15 is 0 Å². The summed E-state index contributed by atoms with van der Waals surface area (Å²) in [6, 6.07) is 6.20. The summed E-state index contributed by atoms with van der Waals surface area (Å²) in [5.74, 6) is 0.457. The SMILES string of the molecule is C[C@@H]1CC[C@@](O)(c2ccc(F)cc2)CS1. The third-order valence-electron chi connectivity index (χ3n) is 2.95. The predicted molar refractivity (Wildman–Crippen MR) is 61.5 cm³/mol. The highest BCUT2D eigenvalue weighted by atomic mass is 32.2. The Morgan fingerprint density at radius 2 is 2.07 bits per heavy atom. The van der Waals surface area contributed by atoms with Gasteiger partial charge in [-0.3, -0.25) is 0 Å². The molecule has 82 valence electrons. The van der Waals surface area contributed by atoms with Crippen LogP contribution >= 0.6 is 11.8 Å². The molecule has 1 N–H and O–H groups in total. The van der Waals surface area contributed by atoms with Crippen LogP contribution in [0, 0.1) is 5.82 Å². The van der Waals surface area contributed by atoms with Crippen LogP contribution in [0.3, 0.4) is 0 Å². The Labute approximate surface area is 93.7 Å². The molecule has 1 aromatic carbocycles. The van der Waals surface area contributed by atoms with Gasteiger partial charge in [0.25, 0.3) is 0 Å². The molecule has 0 aliphatic carbocycles. The minimum Gasteiger partial charge on any atom is -0.384 e. The summed E-state index contributed by atoms with van der Waals surface area (Å²) in [6.45, 7) is 2.18. The van der Waals surface area contributed by atoms with E-state index in [1.807, 2.05) is 0 Å². The molecule has 0 amide bonds. The summed E-state index contributed by atoms with van der Waals surface area (Å²) < 4.78 is 12.8. The number of aliphatic hydroxyl groups is 1. The van der Waals surface area contributed by atoms with E-state index in [0.717, 1.165) is 18.4 Å². The first kappa shape index (κ1) is 11.0. The monoisotopic (exact) mass is 226 g/mol. The van der Waals surface area contributed by atoms with Crippen molar-refractivity contribution in [2.75, 3.05) is 5.75 Å². The number of hydrogen-bond donors (Lipinski definition) is 1. The van der Waals surface area contributed by atoms with Gasteiger partial charge in [-0.15, -0.1) is 0 Å². The van der Waals surface area contributed by atoms with Gasteiger partial charge in [0.15, 0.2) is 0 Å². The van der Waals surface area contributed by atoms with Crippen molar-refractivity contribution < 1.29 is 9.50 Å². The molecule has 3 heteroatoms. The molecule has 1 aromatic rings. The second kappa shape index (κ2) is 4.14. The fraction of sp³-hybridized carbons (Fsp3) is 0.500. The van der Waals surface area contributed by atoms with Gasteiger partial charge in [0.2, 0.25) is 0 Å². The summed E-state index contributed by atoms with van der Waals surface area (Å²) in [7, 11) is 0. The maximum Gasteiger partial charge on any atom is 0.123 e. The number of rotatable bonds is 1. The summed E-state index contributed by atoms with van der Waals surface area (Å²) in [6.07, 6.45) is 1.78. The van der Waals surface area contributed by atoms with E-state index in [9.17, 15) is 9.50 Å². The molecule has 0 aromatic heterocycles. The zero-order chi connectivity index (χ0) is 10.9. The molecule has 0 radical (unpaired) electrons. The van der Waals surface area contributed by atoms with Crippen molar-refractivity contribution in [3.63, 3.8) is 0 Å². The Balaban J connectivity index is 2.18. The number of thioether (sulfide) groups is 1. The lowest BCUT2D eigenvalue weighted by Gasteiger charge is -2.34. The molecule has 1 nitrogen and oxygen atoms in total. The van der Waals surface area contributed by atoms with Crippen molar-refractivity contribution in [3.8, 4) is 0 Å². The second-order valence-corrected chi connectivity index (χ2v) is 5.63. The number of benzene rings is 1. The quantitative estimate of drug-likeness (QED) is 0.794. The molecule has 2 rings (SSSR count). The molecule has 15 heavy (non-hydrogen) atoms. The van der Waals surface area contributed by atoms with Gasteiger partial charge >= 0.3 is 0 Å². The topological polar surface area (TPSA) is 20.2 Å². The van der Waals surface area contributed by atoms with Crippen molar-refractivity contribution in [1.29, 1.82) is 0 Å². The largest absolute Gasteiger partial charge is 0.384 e. The van der Waals surface area contributed by atoms with E-state index in [0.29, 0.717) is 11.0 Å². The lowest BCUT2D eigenvalue weighted by Crippen LogP contribution is -2.33. The second-order valence-electron chi connectivity index (χ2n) is 4.20. The zero-order valence-electron chi connectivity index (χ0n) is 8.74. The third kappa shape index (κ3) is 2.34. The van der Waals surface area contributed by atoms with Gasteiger partial charge < -0.3 is 5.11 Å². The van der Waals surface area contributed by atoms with Crippen molar-refractivity contribution in [2.45, 2.75) is 30.6 Å². The van der Waals surface area contributed by atoms with Gasteiger partial charge in [0.05, 0.1) is 5.60 Å². The molecule has 2 atom stereocenters. The molecule has 1 aliphatic rings. The highest BCUT2D eigenvalue weighted by molar-refractivity contribution is 7.99. The average molecular weight is 226 g/mol. The van der Waals surface area contributed by atoms with Gasteiger partial charge in [-0.05, 0) is 30.5 Å². The molecular weight excluding hydrogens is 211 g/mol. The maximum atomic E-state index is 12.8. The number of hydrogen-bond acceptors (Lipinski definition) is 2. The molecule has 0 saturated carbocycles. The maximum absolute atomic E-state index is 12.8. The predicted octanol–water partition coefficient (Wildman–Crippen LogP) is 2.93. The first-order chi connectivity index (χ1) is 7.10. The first-order valence-corrected chi connectivity index (χ1v) is 6.25. The van der Waals surface area contributed by atoms with Crippen molar-refractivity contribution in [2.24, 2.45) is 0 Å². The van der Waals surface area contributed by atoms with E-state index in [1.165, 1.54) is 12.1 Å². The fourth-order valence-corrected chi connectivity index (χ4v) is 3.02. The lowest BCUT2D eigenvalue weighted by atomic mass is 9.90. The molecular formula is C12H15FOS. The normalized spacial score (nSPS) is 31.5. The molecule has 1 saturated heterocycles. The van der Waals surface area contributed by atoms with Gasteiger partial charge in [0.1, 0.15) is 5.82 Å². The standard InChI is InChI=1S/C12H15FOS/c1-9-6-7-12(14,8-15-9)10-2-4-11(13)5-3-10/h2-5,9,14H,6-8H2,1H3/t9-,12+/m1/s1. The Morgan fingerprint density at radius 3 is 2.60 bits per heavy atom. The molecule has 0 bridgehead atoms. The fourth-order valence-electron chi connectivity index (χ4n) is 1.87. The number of halogens is 1. The average Bonchev–Trinajstić information content (AvgIpc) is 2.24. The van der Waals surface area contributed by atoms with Gasteiger partial charge in [0, 0.05) is 11.0 Å². The minimum atomic E-state index is -0.759. The van der Waals surface area contributed by atoms with Crippen LogP contribution in [0.1, 0.15) is 25.3 Å².